The molecular formula is C21H26N4O. The normalized spacial score (nSPS) is 21.1. The second kappa shape index (κ2) is 7.85. The number of rotatable bonds is 4. The first-order valence-electron chi connectivity index (χ1n) is 9.72. The van der Waals surface area contributed by atoms with E-state index in [0.717, 1.165) is 43.3 Å². The summed E-state index contributed by atoms with van der Waals surface area (Å²) in [6, 6.07) is 14.1. The molecule has 2 aliphatic rings. The first kappa shape index (κ1) is 17.0. The van der Waals surface area contributed by atoms with Crippen LogP contribution in [0.1, 0.15) is 37.8 Å². The minimum absolute atomic E-state index is 0.204. The molecule has 1 amide bonds. The van der Waals surface area contributed by atoms with Crippen molar-refractivity contribution in [3.05, 3.63) is 48.2 Å². The van der Waals surface area contributed by atoms with Crippen LogP contribution < -0.4 is 9.80 Å². The van der Waals surface area contributed by atoms with Crippen LogP contribution in [-0.4, -0.2) is 35.7 Å². The summed E-state index contributed by atoms with van der Waals surface area (Å²) in [6.07, 6.45) is 6.50. The maximum absolute atomic E-state index is 12.4. The summed E-state index contributed by atoms with van der Waals surface area (Å²) >= 11 is 0. The number of hydrogen-bond donors (Lipinski definition) is 0. The van der Waals surface area contributed by atoms with Crippen LogP contribution >= 0.6 is 0 Å². The molecule has 2 saturated heterocycles. The van der Waals surface area contributed by atoms with E-state index in [1.807, 2.05) is 35.2 Å². The zero-order valence-corrected chi connectivity index (χ0v) is 15.2. The molecule has 0 saturated carbocycles. The Morgan fingerprint density at radius 2 is 1.69 bits per heavy atom. The smallest absolute Gasteiger partial charge is 0.227 e. The Bertz CT molecular complexity index is 723. The van der Waals surface area contributed by atoms with Crippen LogP contribution in [0.2, 0.25) is 0 Å². The summed E-state index contributed by atoms with van der Waals surface area (Å²) in [6.45, 7) is 2.92. The van der Waals surface area contributed by atoms with Gasteiger partial charge in [0.2, 0.25) is 5.91 Å². The van der Waals surface area contributed by atoms with Gasteiger partial charge in [0.15, 0.2) is 5.82 Å². The lowest BCUT2D eigenvalue weighted by molar-refractivity contribution is -0.117. The third-order valence-corrected chi connectivity index (χ3v) is 5.41. The summed E-state index contributed by atoms with van der Waals surface area (Å²) in [7, 11) is 0. The number of hydrogen-bond acceptors (Lipinski definition) is 4. The van der Waals surface area contributed by atoms with Gasteiger partial charge in [0.05, 0.1) is 5.69 Å². The lowest BCUT2D eigenvalue weighted by Gasteiger charge is -2.20. The fraction of sp³-hybridized carbons (Fsp3) is 0.476. The lowest BCUT2D eigenvalue weighted by Crippen LogP contribution is -2.25. The Morgan fingerprint density at radius 1 is 0.923 bits per heavy atom. The molecule has 0 spiro atoms. The molecule has 26 heavy (non-hydrogen) atoms. The summed E-state index contributed by atoms with van der Waals surface area (Å²) in [5, 5.41) is 8.91. The molecule has 3 heterocycles. The number of anilines is 2. The number of amides is 1. The summed E-state index contributed by atoms with van der Waals surface area (Å²) in [5.74, 6) is 1.50. The summed E-state index contributed by atoms with van der Waals surface area (Å²) < 4.78 is 0. The molecule has 0 unspecified atom stereocenters. The first-order chi connectivity index (χ1) is 12.8. The van der Waals surface area contributed by atoms with Gasteiger partial charge in [-0.25, -0.2) is 0 Å². The number of aromatic nitrogens is 2. The van der Waals surface area contributed by atoms with Crippen LogP contribution in [0.25, 0.3) is 0 Å². The molecule has 2 fully saturated rings. The van der Waals surface area contributed by atoms with Crippen LogP contribution in [0, 0.1) is 5.92 Å². The molecule has 1 aromatic carbocycles. The van der Waals surface area contributed by atoms with Crippen LogP contribution in [0.4, 0.5) is 11.5 Å². The minimum Gasteiger partial charge on any atom is -0.355 e. The van der Waals surface area contributed by atoms with E-state index < -0.39 is 0 Å². The quantitative estimate of drug-likeness (QED) is 0.847. The maximum atomic E-state index is 12.4. The van der Waals surface area contributed by atoms with E-state index in [1.165, 1.54) is 25.7 Å². The number of carbonyl (C=O) groups is 1. The Morgan fingerprint density at radius 3 is 2.38 bits per heavy atom. The Kier molecular flexibility index (Phi) is 5.14. The highest BCUT2D eigenvalue weighted by molar-refractivity contribution is 5.95. The van der Waals surface area contributed by atoms with Gasteiger partial charge in [0.1, 0.15) is 0 Å². The zero-order chi connectivity index (χ0) is 17.8. The molecule has 0 N–H and O–H groups in total. The topological polar surface area (TPSA) is 49.3 Å². The molecule has 2 aromatic rings. The van der Waals surface area contributed by atoms with E-state index in [0.29, 0.717) is 12.3 Å². The standard InChI is InChI=1S/C21H26N4O/c26-21-15-17(16-25(21)19-8-4-3-5-9-19)14-18-10-11-20(23-22-18)24-12-6-1-2-7-13-24/h3-5,8-11,17H,1-2,6-7,12-16H2/t17-/m0/s1. The SMILES string of the molecule is O=C1C[C@H](Cc2ccc(N3CCCCCC3)nn2)CN1c1ccccc1. The van der Waals surface area contributed by atoms with Gasteiger partial charge in [-0.1, -0.05) is 31.0 Å². The monoisotopic (exact) mass is 350 g/mol. The van der Waals surface area contributed by atoms with E-state index >= 15 is 0 Å². The van der Waals surface area contributed by atoms with Gasteiger partial charge in [-0.3, -0.25) is 4.79 Å². The molecule has 0 aliphatic carbocycles. The fourth-order valence-electron chi connectivity index (χ4n) is 4.00. The van der Waals surface area contributed by atoms with E-state index in [1.54, 1.807) is 0 Å². The molecule has 0 bridgehead atoms. The highest BCUT2D eigenvalue weighted by Gasteiger charge is 2.30. The zero-order valence-electron chi connectivity index (χ0n) is 15.2. The maximum Gasteiger partial charge on any atom is 0.227 e. The van der Waals surface area contributed by atoms with Gasteiger partial charge in [-0.05, 0) is 49.4 Å². The lowest BCUT2D eigenvalue weighted by atomic mass is 10.0. The Hall–Kier alpha value is -2.43. The van der Waals surface area contributed by atoms with Crippen LogP contribution in [0.5, 0.6) is 0 Å². The highest BCUT2D eigenvalue weighted by atomic mass is 16.2. The van der Waals surface area contributed by atoms with Crippen molar-refractivity contribution in [2.75, 3.05) is 29.4 Å². The van der Waals surface area contributed by atoms with Crippen molar-refractivity contribution in [3.63, 3.8) is 0 Å². The van der Waals surface area contributed by atoms with E-state index in [2.05, 4.69) is 27.2 Å². The molecule has 1 atom stereocenters. The van der Waals surface area contributed by atoms with Crippen molar-refractivity contribution >= 4 is 17.4 Å². The van der Waals surface area contributed by atoms with Crippen molar-refractivity contribution < 1.29 is 4.79 Å². The predicted octanol–water partition coefficient (Wildman–Crippen LogP) is 3.45. The fourth-order valence-corrected chi connectivity index (χ4v) is 4.00. The Balaban J connectivity index is 1.38. The third kappa shape index (κ3) is 3.87. The molecule has 2 aliphatic heterocycles. The van der Waals surface area contributed by atoms with Crippen molar-refractivity contribution in [1.82, 2.24) is 10.2 Å². The minimum atomic E-state index is 0.204. The third-order valence-electron chi connectivity index (χ3n) is 5.41. The first-order valence-corrected chi connectivity index (χ1v) is 9.72. The average molecular weight is 350 g/mol. The molecule has 0 radical (unpaired) electrons. The van der Waals surface area contributed by atoms with Gasteiger partial charge in [-0.15, -0.1) is 5.10 Å². The van der Waals surface area contributed by atoms with Crippen molar-refractivity contribution in [2.45, 2.75) is 38.5 Å². The second-order valence-electron chi connectivity index (χ2n) is 7.40. The number of carbonyl (C=O) groups excluding carboxylic acids is 1. The molecule has 136 valence electrons. The van der Waals surface area contributed by atoms with Crippen molar-refractivity contribution in [3.8, 4) is 0 Å². The van der Waals surface area contributed by atoms with Gasteiger partial charge in [0.25, 0.3) is 0 Å². The van der Waals surface area contributed by atoms with Gasteiger partial charge in [0, 0.05) is 31.7 Å². The molecule has 5 nitrogen and oxygen atoms in total. The molecular weight excluding hydrogens is 324 g/mol. The van der Waals surface area contributed by atoms with E-state index in [-0.39, 0.29) is 5.91 Å². The van der Waals surface area contributed by atoms with Crippen LogP contribution in [0.15, 0.2) is 42.5 Å². The average Bonchev–Trinajstić information content (AvgIpc) is 2.87. The van der Waals surface area contributed by atoms with Gasteiger partial charge < -0.3 is 9.80 Å². The molecule has 1 aromatic heterocycles. The largest absolute Gasteiger partial charge is 0.355 e. The predicted molar refractivity (Wildman–Crippen MR) is 103 cm³/mol. The van der Waals surface area contributed by atoms with Crippen molar-refractivity contribution in [1.29, 1.82) is 0 Å². The number of nitrogens with zero attached hydrogens (tertiary/aromatic N) is 4. The molecule has 4 rings (SSSR count). The van der Waals surface area contributed by atoms with E-state index in [9.17, 15) is 4.79 Å². The van der Waals surface area contributed by atoms with Gasteiger partial charge >= 0.3 is 0 Å². The van der Waals surface area contributed by atoms with Crippen molar-refractivity contribution in [2.24, 2.45) is 5.92 Å². The highest BCUT2D eigenvalue weighted by Crippen LogP contribution is 2.27. The van der Waals surface area contributed by atoms with E-state index in [4.69, 9.17) is 0 Å². The van der Waals surface area contributed by atoms with Gasteiger partial charge in [-0.2, -0.15) is 5.10 Å². The Labute approximate surface area is 155 Å². The molecule has 5 heteroatoms. The summed E-state index contributed by atoms with van der Waals surface area (Å²) in [5.41, 5.74) is 1.97. The summed E-state index contributed by atoms with van der Waals surface area (Å²) in [4.78, 5) is 16.6. The number of benzene rings is 1. The van der Waals surface area contributed by atoms with Crippen LogP contribution in [-0.2, 0) is 11.2 Å². The van der Waals surface area contributed by atoms with Crippen LogP contribution in [0.3, 0.4) is 0 Å². The second-order valence-corrected chi connectivity index (χ2v) is 7.40. The number of para-hydroxylation sites is 1.